The molecule has 0 heterocycles. The van der Waals surface area contributed by atoms with Gasteiger partial charge < -0.3 is 19.5 Å². The molecule has 1 unspecified atom stereocenters. The fourth-order valence-electron chi connectivity index (χ4n) is 6.83. The molecule has 6 heteroatoms. The third-order valence-electron chi connectivity index (χ3n) is 10.1. The van der Waals surface area contributed by atoms with Crippen molar-refractivity contribution >= 4 is 11.9 Å². The van der Waals surface area contributed by atoms with Crippen LogP contribution in [0.2, 0.25) is 0 Å². The Hall–Kier alpha value is -1.14. The molecule has 0 spiro atoms. The van der Waals surface area contributed by atoms with Crippen molar-refractivity contribution in [2.75, 3.05) is 32.8 Å². The second-order valence-corrected chi connectivity index (χ2v) is 15.6. The minimum Gasteiger partial charge on any atom is -0.466 e. The first-order valence-corrected chi connectivity index (χ1v) is 22.1. The van der Waals surface area contributed by atoms with E-state index < -0.39 is 0 Å². The van der Waals surface area contributed by atoms with E-state index in [1.807, 2.05) is 0 Å². The van der Waals surface area contributed by atoms with E-state index in [-0.39, 0.29) is 24.6 Å². The van der Waals surface area contributed by atoms with Crippen molar-refractivity contribution in [3.63, 3.8) is 0 Å². The van der Waals surface area contributed by atoms with Gasteiger partial charge in [-0.3, -0.25) is 9.59 Å². The Morgan fingerprint density at radius 3 is 1.46 bits per heavy atom. The van der Waals surface area contributed by atoms with E-state index in [1.54, 1.807) is 0 Å². The third kappa shape index (κ3) is 36.6. The van der Waals surface area contributed by atoms with Gasteiger partial charge in [0.25, 0.3) is 0 Å². The Labute approximate surface area is 312 Å². The molecule has 1 atom stereocenters. The van der Waals surface area contributed by atoms with Crippen LogP contribution in [0, 0.1) is 5.92 Å². The summed E-state index contributed by atoms with van der Waals surface area (Å²) in [6, 6.07) is 0. The Kier molecular flexibility index (Phi) is 38.2. The smallest absolute Gasteiger partial charge is 0.306 e. The minimum absolute atomic E-state index is 0.00403. The first-order valence-electron chi connectivity index (χ1n) is 22.1. The molecule has 0 aliphatic rings. The molecule has 0 aromatic heterocycles. The zero-order valence-electron chi connectivity index (χ0n) is 34.1. The molecule has 0 saturated carbocycles. The number of hydrogen-bond donors (Lipinski definition) is 1. The van der Waals surface area contributed by atoms with Crippen LogP contribution in [-0.4, -0.2) is 60.9 Å². The molecule has 298 valence electrons. The second kappa shape index (κ2) is 39.1. The summed E-state index contributed by atoms with van der Waals surface area (Å²) in [4.78, 5) is 27.1. The highest BCUT2D eigenvalue weighted by Crippen LogP contribution is 2.19. The lowest BCUT2D eigenvalue weighted by atomic mass is 10.0. The zero-order valence-corrected chi connectivity index (χ0v) is 34.1. The Morgan fingerprint density at radius 1 is 0.500 bits per heavy atom. The van der Waals surface area contributed by atoms with E-state index in [2.05, 4.69) is 32.6 Å². The highest BCUT2D eigenvalue weighted by Gasteiger charge is 2.14. The van der Waals surface area contributed by atoms with Gasteiger partial charge >= 0.3 is 11.9 Å². The molecule has 0 rings (SSSR count). The number of unbranched alkanes of at least 4 members (excludes halogenated alkanes) is 21. The number of ether oxygens (including phenoxy) is 2. The maximum Gasteiger partial charge on any atom is 0.306 e. The average molecular weight is 710 g/mol. The summed E-state index contributed by atoms with van der Waals surface area (Å²) in [6.07, 6.45) is 35.7. The molecule has 0 aliphatic carbocycles. The largest absolute Gasteiger partial charge is 0.466 e. The van der Waals surface area contributed by atoms with Crippen molar-refractivity contribution in [2.45, 2.75) is 233 Å². The van der Waals surface area contributed by atoms with Gasteiger partial charge in [-0.1, -0.05) is 156 Å². The van der Waals surface area contributed by atoms with Crippen molar-refractivity contribution < 1.29 is 24.2 Å². The van der Waals surface area contributed by atoms with E-state index in [0.717, 1.165) is 96.1 Å². The maximum atomic E-state index is 12.7. The van der Waals surface area contributed by atoms with Gasteiger partial charge in [-0.15, -0.1) is 0 Å². The zero-order chi connectivity index (χ0) is 36.8. The van der Waals surface area contributed by atoms with E-state index in [0.29, 0.717) is 26.0 Å². The molecule has 0 amide bonds. The van der Waals surface area contributed by atoms with Crippen molar-refractivity contribution in [3.05, 3.63) is 0 Å². The molecule has 0 saturated heterocycles. The van der Waals surface area contributed by atoms with Gasteiger partial charge in [0.2, 0.25) is 0 Å². The number of aliphatic hydroxyl groups is 1. The standard InChI is InChI=1S/C44H87NO5/c1-5-7-9-11-13-14-15-20-30-40-49-43(47)34-27-22-29-37-45(38-39-46)36-28-19-16-18-26-35-44(48)50-42(32-24-17-12-10-8-6-2)33-25-21-23-31-41(3)4/h41-42,46H,5-40H2,1-4H3. The van der Waals surface area contributed by atoms with Gasteiger partial charge in [-0.05, 0) is 76.8 Å². The number of aliphatic hydroxyl groups excluding tert-OH is 1. The SMILES string of the molecule is CCCCCCCCCCCOC(=O)CCCCCN(CCO)CCCCCCCC(=O)OC(CCCCCCCC)CCCCCC(C)C. The van der Waals surface area contributed by atoms with Gasteiger partial charge in [-0.2, -0.15) is 0 Å². The van der Waals surface area contributed by atoms with Crippen LogP contribution in [0.4, 0.5) is 0 Å². The molecule has 6 nitrogen and oxygen atoms in total. The summed E-state index contributed by atoms with van der Waals surface area (Å²) >= 11 is 0. The van der Waals surface area contributed by atoms with Crippen molar-refractivity contribution in [3.8, 4) is 0 Å². The van der Waals surface area contributed by atoms with Gasteiger partial charge in [0.15, 0.2) is 0 Å². The third-order valence-corrected chi connectivity index (χ3v) is 10.1. The van der Waals surface area contributed by atoms with Crippen LogP contribution in [0.15, 0.2) is 0 Å². The Balaban J connectivity index is 3.97. The van der Waals surface area contributed by atoms with Crippen LogP contribution < -0.4 is 0 Å². The van der Waals surface area contributed by atoms with Crippen LogP contribution in [0.3, 0.4) is 0 Å². The quantitative estimate of drug-likeness (QED) is 0.0504. The number of carbonyl (C=O) groups is 2. The fourth-order valence-corrected chi connectivity index (χ4v) is 6.83. The highest BCUT2D eigenvalue weighted by molar-refractivity contribution is 5.69. The molecule has 0 aliphatic heterocycles. The van der Waals surface area contributed by atoms with Crippen LogP contribution in [-0.2, 0) is 19.1 Å². The molecule has 0 radical (unpaired) electrons. The number of esters is 2. The van der Waals surface area contributed by atoms with Crippen molar-refractivity contribution in [1.82, 2.24) is 4.90 Å². The van der Waals surface area contributed by atoms with Crippen LogP contribution in [0.25, 0.3) is 0 Å². The lowest BCUT2D eigenvalue weighted by Crippen LogP contribution is -2.29. The maximum absolute atomic E-state index is 12.7. The fraction of sp³-hybridized carbons (Fsp3) is 0.955. The Morgan fingerprint density at radius 2 is 0.920 bits per heavy atom. The van der Waals surface area contributed by atoms with Gasteiger partial charge in [-0.25, -0.2) is 0 Å². The highest BCUT2D eigenvalue weighted by atomic mass is 16.5. The van der Waals surface area contributed by atoms with Crippen molar-refractivity contribution in [2.24, 2.45) is 5.92 Å². The number of hydrogen-bond acceptors (Lipinski definition) is 6. The molecule has 1 N–H and O–H groups in total. The molecule has 0 aromatic rings. The summed E-state index contributed by atoms with van der Waals surface area (Å²) in [5.74, 6) is 0.722. The molecule has 0 bridgehead atoms. The number of nitrogens with zero attached hydrogens (tertiary/aromatic N) is 1. The summed E-state index contributed by atoms with van der Waals surface area (Å²) in [7, 11) is 0. The van der Waals surface area contributed by atoms with Gasteiger partial charge in [0.05, 0.1) is 13.2 Å². The topological polar surface area (TPSA) is 76.1 Å². The number of carbonyl (C=O) groups excluding carboxylic acids is 2. The van der Waals surface area contributed by atoms with Crippen LogP contribution in [0.5, 0.6) is 0 Å². The lowest BCUT2D eigenvalue weighted by Gasteiger charge is -2.21. The van der Waals surface area contributed by atoms with Crippen LogP contribution in [0.1, 0.15) is 227 Å². The van der Waals surface area contributed by atoms with E-state index >= 15 is 0 Å². The number of rotatable bonds is 40. The Bertz CT molecular complexity index is 715. The summed E-state index contributed by atoms with van der Waals surface area (Å²) in [5.41, 5.74) is 0. The second-order valence-electron chi connectivity index (χ2n) is 15.6. The molecular weight excluding hydrogens is 622 g/mol. The first kappa shape index (κ1) is 48.9. The van der Waals surface area contributed by atoms with Gasteiger partial charge in [0.1, 0.15) is 6.10 Å². The molecule has 50 heavy (non-hydrogen) atoms. The summed E-state index contributed by atoms with van der Waals surface area (Å²) < 4.78 is 11.4. The normalized spacial score (nSPS) is 12.2. The summed E-state index contributed by atoms with van der Waals surface area (Å²) in [6.45, 7) is 12.5. The van der Waals surface area contributed by atoms with E-state index in [4.69, 9.17) is 9.47 Å². The van der Waals surface area contributed by atoms with Crippen molar-refractivity contribution in [1.29, 1.82) is 0 Å². The monoisotopic (exact) mass is 710 g/mol. The minimum atomic E-state index is -0.0504. The van der Waals surface area contributed by atoms with Crippen LogP contribution >= 0.6 is 0 Å². The summed E-state index contributed by atoms with van der Waals surface area (Å²) in [5, 5.41) is 9.53. The lowest BCUT2D eigenvalue weighted by molar-refractivity contribution is -0.150. The molecular formula is C44H87NO5. The predicted octanol–water partition coefficient (Wildman–Crippen LogP) is 12.5. The first-order chi connectivity index (χ1) is 24.4. The predicted molar refractivity (Wildman–Crippen MR) is 214 cm³/mol. The van der Waals surface area contributed by atoms with E-state index in [9.17, 15) is 14.7 Å². The molecule has 0 aromatic carbocycles. The van der Waals surface area contributed by atoms with E-state index in [1.165, 1.54) is 109 Å². The molecule has 0 fully saturated rings. The van der Waals surface area contributed by atoms with Gasteiger partial charge in [0, 0.05) is 19.4 Å². The average Bonchev–Trinajstić information content (AvgIpc) is 3.09.